The van der Waals surface area contributed by atoms with E-state index in [9.17, 15) is 27.6 Å². The van der Waals surface area contributed by atoms with Crippen molar-refractivity contribution in [3.05, 3.63) is 47.5 Å². The minimum Gasteiger partial charge on any atom is -0.360 e. The lowest BCUT2D eigenvalue weighted by Crippen LogP contribution is -2.58. The summed E-state index contributed by atoms with van der Waals surface area (Å²) in [6, 6.07) is 6.43. The molecule has 0 bridgehead atoms. The smallest absolute Gasteiger partial charge is 0.360 e. The molecule has 2 fully saturated rings. The van der Waals surface area contributed by atoms with Crippen LogP contribution in [0, 0.1) is 5.92 Å². The molecule has 0 radical (unpaired) electrons. The standard InChI is InChI=1S/C22H24F3N3O4/c23-22(24,25)21(31)32-28-10-9-18(28)20(30)26-17(11-14-5-6-14)7-8-19(29)27-12-15-3-1-2-4-16(15)13-27/h1-4,7-8,14,17-18H,5-6,9-13H2,(H,26,30)/b8-7+/t17-,18+/m1/s1. The van der Waals surface area contributed by atoms with Crippen molar-refractivity contribution in [3.63, 3.8) is 0 Å². The van der Waals surface area contributed by atoms with Crippen LogP contribution in [0.15, 0.2) is 36.4 Å². The van der Waals surface area contributed by atoms with E-state index in [4.69, 9.17) is 0 Å². The molecule has 0 aromatic heterocycles. The molecule has 1 N–H and O–H groups in total. The quantitative estimate of drug-likeness (QED) is 0.645. The van der Waals surface area contributed by atoms with E-state index in [1.54, 1.807) is 11.0 Å². The van der Waals surface area contributed by atoms with Crippen LogP contribution in [0.1, 0.15) is 36.8 Å². The van der Waals surface area contributed by atoms with Crippen molar-refractivity contribution in [3.8, 4) is 0 Å². The summed E-state index contributed by atoms with van der Waals surface area (Å²) >= 11 is 0. The molecule has 10 heteroatoms. The normalized spacial score (nSPS) is 21.7. The summed E-state index contributed by atoms with van der Waals surface area (Å²) in [5.41, 5.74) is 2.21. The van der Waals surface area contributed by atoms with Crippen molar-refractivity contribution in [2.45, 2.75) is 57.0 Å². The second kappa shape index (κ2) is 8.93. The van der Waals surface area contributed by atoms with Crippen LogP contribution >= 0.6 is 0 Å². The van der Waals surface area contributed by atoms with E-state index in [1.165, 1.54) is 6.08 Å². The molecule has 1 aliphatic carbocycles. The number of nitrogens with one attached hydrogen (secondary N) is 1. The lowest BCUT2D eigenvalue weighted by Gasteiger charge is -2.37. The van der Waals surface area contributed by atoms with Gasteiger partial charge < -0.3 is 15.1 Å². The number of hydrogen-bond donors (Lipinski definition) is 1. The second-order valence-corrected chi connectivity index (χ2v) is 8.44. The van der Waals surface area contributed by atoms with Crippen molar-refractivity contribution in [2.24, 2.45) is 5.92 Å². The Morgan fingerprint density at radius 1 is 1.12 bits per heavy atom. The van der Waals surface area contributed by atoms with Crippen LogP contribution in [0.2, 0.25) is 0 Å². The molecule has 1 aromatic rings. The molecule has 2 aliphatic heterocycles. The van der Waals surface area contributed by atoms with Crippen LogP contribution in [-0.2, 0) is 32.3 Å². The van der Waals surface area contributed by atoms with E-state index in [2.05, 4.69) is 10.2 Å². The molecule has 32 heavy (non-hydrogen) atoms. The fourth-order valence-electron chi connectivity index (χ4n) is 3.86. The van der Waals surface area contributed by atoms with E-state index in [-0.39, 0.29) is 18.9 Å². The van der Waals surface area contributed by atoms with Gasteiger partial charge in [0.25, 0.3) is 0 Å². The number of alkyl halides is 3. The van der Waals surface area contributed by atoms with E-state index < -0.39 is 30.1 Å². The monoisotopic (exact) mass is 451 g/mol. The van der Waals surface area contributed by atoms with E-state index in [0.717, 1.165) is 29.0 Å². The highest BCUT2D eigenvalue weighted by Gasteiger charge is 2.46. The molecule has 172 valence electrons. The van der Waals surface area contributed by atoms with Crippen molar-refractivity contribution in [1.82, 2.24) is 15.3 Å². The molecule has 4 rings (SSSR count). The highest BCUT2D eigenvalue weighted by atomic mass is 19.4. The van der Waals surface area contributed by atoms with Crippen molar-refractivity contribution >= 4 is 17.8 Å². The molecular weight excluding hydrogens is 427 g/mol. The second-order valence-electron chi connectivity index (χ2n) is 8.44. The van der Waals surface area contributed by atoms with Gasteiger partial charge in [0.1, 0.15) is 6.04 Å². The van der Waals surface area contributed by atoms with E-state index in [1.807, 2.05) is 24.3 Å². The first-order valence-electron chi connectivity index (χ1n) is 10.6. The summed E-state index contributed by atoms with van der Waals surface area (Å²) in [6.07, 6.45) is 0.965. The van der Waals surface area contributed by atoms with Crippen LogP contribution < -0.4 is 5.32 Å². The fourth-order valence-corrected chi connectivity index (χ4v) is 3.86. The maximum Gasteiger partial charge on any atom is 0.492 e. The van der Waals surface area contributed by atoms with Gasteiger partial charge in [-0.1, -0.05) is 43.2 Å². The molecule has 7 nitrogen and oxygen atoms in total. The summed E-state index contributed by atoms with van der Waals surface area (Å²) in [4.78, 5) is 42.2. The number of hydrogen-bond acceptors (Lipinski definition) is 5. The highest BCUT2D eigenvalue weighted by molar-refractivity contribution is 5.88. The number of rotatable bonds is 7. The number of nitrogens with zero attached hydrogens (tertiary/aromatic N) is 2. The lowest BCUT2D eigenvalue weighted by molar-refractivity contribution is -0.261. The predicted molar refractivity (Wildman–Crippen MR) is 106 cm³/mol. The summed E-state index contributed by atoms with van der Waals surface area (Å²) in [5, 5.41) is 3.53. The Hall–Kier alpha value is -2.88. The maximum atomic E-state index is 12.6. The average Bonchev–Trinajstić information content (AvgIpc) is 3.42. The summed E-state index contributed by atoms with van der Waals surface area (Å²) in [5.74, 6) is -2.60. The Labute approximate surface area is 183 Å². The molecule has 2 atom stereocenters. The van der Waals surface area contributed by atoms with Crippen molar-refractivity contribution in [1.29, 1.82) is 0 Å². The topological polar surface area (TPSA) is 79.0 Å². The molecule has 1 saturated heterocycles. The van der Waals surface area contributed by atoms with E-state index >= 15 is 0 Å². The molecule has 2 amide bonds. The van der Waals surface area contributed by atoms with Gasteiger partial charge in [-0.05, 0) is 29.9 Å². The first-order valence-corrected chi connectivity index (χ1v) is 10.6. The van der Waals surface area contributed by atoms with Crippen LogP contribution in [-0.4, -0.2) is 52.6 Å². The summed E-state index contributed by atoms with van der Waals surface area (Å²) in [6.45, 7) is 1.11. The zero-order valence-corrected chi connectivity index (χ0v) is 17.3. The molecule has 3 aliphatic rings. The van der Waals surface area contributed by atoms with Crippen LogP contribution in [0.5, 0.6) is 0 Å². The highest BCUT2D eigenvalue weighted by Crippen LogP contribution is 2.34. The molecular formula is C22H24F3N3O4. The Morgan fingerprint density at radius 2 is 1.78 bits per heavy atom. The van der Waals surface area contributed by atoms with Gasteiger partial charge >= 0.3 is 12.1 Å². The zero-order valence-electron chi connectivity index (χ0n) is 17.3. The third kappa shape index (κ3) is 5.29. The van der Waals surface area contributed by atoms with E-state index in [0.29, 0.717) is 25.4 Å². The number of hydroxylamine groups is 2. The van der Waals surface area contributed by atoms with Gasteiger partial charge in [0.05, 0.1) is 0 Å². The number of carbonyl (C=O) groups excluding carboxylic acids is 3. The zero-order chi connectivity index (χ0) is 22.9. The maximum absolute atomic E-state index is 12.6. The van der Waals surface area contributed by atoms with Gasteiger partial charge in [0.15, 0.2) is 0 Å². The Morgan fingerprint density at radius 3 is 2.31 bits per heavy atom. The minimum absolute atomic E-state index is 0.0526. The average molecular weight is 451 g/mol. The largest absolute Gasteiger partial charge is 0.492 e. The Bertz CT molecular complexity index is 904. The number of fused-ring (bicyclic) bond motifs is 1. The lowest BCUT2D eigenvalue weighted by atomic mass is 10.0. The number of benzene rings is 1. The van der Waals surface area contributed by atoms with Gasteiger partial charge in [-0.25, -0.2) is 4.79 Å². The van der Waals surface area contributed by atoms with Gasteiger partial charge in [-0.15, -0.1) is 5.06 Å². The molecule has 1 aromatic carbocycles. The fraction of sp³-hybridized carbons (Fsp3) is 0.500. The molecule has 0 spiro atoms. The predicted octanol–water partition coefficient (Wildman–Crippen LogP) is 2.46. The van der Waals surface area contributed by atoms with Crippen molar-refractivity contribution in [2.75, 3.05) is 6.54 Å². The summed E-state index contributed by atoms with van der Waals surface area (Å²) in [7, 11) is 0. The Kier molecular flexibility index (Phi) is 6.23. The first-order chi connectivity index (χ1) is 15.2. The van der Waals surface area contributed by atoms with Crippen LogP contribution in [0.4, 0.5) is 13.2 Å². The number of halogens is 3. The van der Waals surface area contributed by atoms with Gasteiger partial charge in [0.2, 0.25) is 11.8 Å². The SMILES string of the molecule is O=C(N[C@H](/C=C/C(=O)N1Cc2ccccc2C1)CC1CC1)[C@@H]1CCN1OC(=O)C(F)(F)F. The summed E-state index contributed by atoms with van der Waals surface area (Å²) < 4.78 is 37.2. The molecule has 1 saturated carbocycles. The van der Waals surface area contributed by atoms with Crippen LogP contribution in [0.3, 0.4) is 0 Å². The number of carbonyl (C=O) groups is 3. The van der Waals surface area contributed by atoms with Gasteiger partial charge in [-0.2, -0.15) is 13.2 Å². The van der Waals surface area contributed by atoms with Gasteiger partial charge in [0, 0.05) is 31.8 Å². The minimum atomic E-state index is -5.12. The van der Waals surface area contributed by atoms with Crippen LogP contribution in [0.25, 0.3) is 0 Å². The third-order valence-electron chi connectivity index (χ3n) is 5.94. The molecule has 2 heterocycles. The number of amides is 2. The first kappa shape index (κ1) is 22.3. The van der Waals surface area contributed by atoms with Crippen molar-refractivity contribution < 1.29 is 32.4 Å². The Balaban J connectivity index is 1.33. The third-order valence-corrected chi connectivity index (χ3v) is 5.94. The van der Waals surface area contributed by atoms with Gasteiger partial charge in [-0.3, -0.25) is 9.59 Å². The molecule has 0 unspecified atom stereocenters.